The van der Waals surface area contributed by atoms with E-state index in [1.807, 2.05) is 26.0 Å². The third-order valence-corrected chi connectivity index (χ3v) is 4.07. The normalized spacial score (nSPS) is 10.7. The van der Waals surface area contributed by atoms with Gasteiger partial charge in [0.05, 0.1) is 42.6 Å². The summed E-state index contributed by atoms with van der Waals surface area (Å²) in [7, 11) is 0. The Morgan fingerprint density at radius 1 is 1.15 bits per heavy atom. The van der Waals surface area contributed by atoms with Gasteiger partial charge in [-0.1, -0.05) is 18.5 Å². The van der Waals surface area contributed by atoms with E-state index < -0.39 is 0 Å². The first-order valence-electron chi connectivity index (χ1n) is 8.37. The summed E-state index contributed by atoms with van der Waals surface area (Å²) in [5, 5.41) is 19.0. The average molecular weight is 374 g/mol. The van der Waals surface area contributed by atoms with Crippen molar-refractivity contribution in [3.63, 3.8) is 0 Å². The van der Waals surface area contributed by atoms with Crippen LogP contribution in [0.5, 0.6) is 0 Å². The van der Waals surface area contributed by atoms with E-state index in [2.05, 4.69) is 25.9 Å². The summed E-state index contributed by atoms with van der Waals surface area (Å²) in [6, 6.07) is 7.06. The van der Waals surface area contributed by atoms with Gasteiger partial charge in [0.1, 0.15) is 5.69 Å². The van der Waals surface area contributed by atoms with Crippen LogP contribution in [-0.2, 0) is 19.5 Å². The van der Waals surface area contributed by atoms with Crippen molar-refractivity contribution in [2.24, 2.45) is 0 Å². The summed E-state index contributed by atoms with van der Waals surface area (Å²) in [6.45, 7) is 4.96. The molecule has 2 amide bonds. The molecule has 0 aliphatic carbocycles. The van der Waals surface area contributed by atoms with Crippen LogP contribution < -0.4 is 10.6 Å². The fourth-order valence-corrected chi connectivity index (χ4v) is 2.65. The average Bonchev–Trinajstić information content (AvgIpc) is 3.27. The van der Waals surface area contributed by atoms with Crippen molar-refractivity contribution in [1.82, 2.24) is 30.1 Å². The minimum absolute atomic E-state index is 0.304. The van der Waals surface area contributed by atoms with Crippen molar-refractivity contribution < 1.29 is 4.79 Å². The number of amides is 2. The molecule has 0 unspecified atom stereocenters. The molecule has 0 saturated carbocycles. The molecule has 0 atom stereocenters. The number of carbonyl (C=O) groups excluding carboxylic acids is 1. The van der Waals surface area contributed by atoms with Crippen LogP contribution in [0.2, 0.25) is 5.02 Å². The van der Waals surface area contributed by atoms with Gasteiger partial charge in [0.25, 0.3) is 0 Å². The second-order valence-electron chi connectivity index (χ2n) is 5.58. The maximum atomic E-state index is 12.2. The topological polar surface area (TPSA) is 89.7 Å². The Kier molecular flexibility index (Phi) is 5.52. The van der Waals surface area contributed by atoms with E-state index >= 15 is 0 Å². The van der Waals surface area contributed by atoms with E-state index in [0.29, 0.717) is 35.9 Å². The molecule has 0 saturated heterocycles. The summed E-state index contributed by atoms with van der Waals surface area (Å²) in [5.41, 5.74) is 3.15. The number of hydrogen-bond acceptors (Lipinski definition) is 4. The maximum Gasteiger partial charge on any atom is 0.319 e. The number of aryl methyl sites for hydroxylation is 1. The summed E-state index contributed by atoms with van der Waals surface area (Å²) < 4.78 is 1.79. The second-order valence-corrected chi connectivity index (χ2v) is 6.02. The molecule has 3 aromatic rings. The lowest BCUT2D eigenvalue weighted by molar-refractivity contribution is 0.251. The SMILES string of the molecule is CCc1c(NC(=O)NCc2cnn(CC)n2)cnn1-c1ccc(Cl)cc1. The highest BCUT2D eigenvalue weighted by Gasteiger charge is 2.13. The van der Waals surface area contributed by atoms with Gasteiger partial charge in [-0.15, -0.1) is 0 Å². The summed E-state index contributed by atoms with van der Waals surface area (Å²) in [5.74, 6) is 0. The van der Waals surface area contributed by atoms with Gasteiger partial charge in [-0.25, -0.2) is 9.48 Å². The van der Waals surface area contributed by atoms with E-state index in [1.165, 1.54) is 0 Å². The number of anilines is 1. The molecule has 1 aromatic carbocycles. The third kappa shape index (κ3) is 4.02. The van der Waals surface area contributed by atoms with Gasteiger partial charge in [0.2, 0.25) is 0 Å². The Balaban J connectivity index is 1.67. The molecule has 0 aliphatic heterocycles. The number of aromatic nitrogens is 5. The number of hydrogen-bond donors (Lipinski definition) is 2. The fourth-order valence-electron chi connectivity index (χ4n) is 2.53. The molecule has 136 valence electrons. The van der Waals surface area contributed by atoms with Gasteiger partial charge < -0.3 is 10.6 Å². The molecule has 0 aliphatic rings. The molecule has 26 heavy (non-hydrogen) atoms. The molecule has 0 spiro atoms. The predicted octanol–water partition coefficient (Wildman–Crippen LogP) is 3.02. The number of benzene rings is 1. The molecule has 2 N–H and O–H groups in total. The van der Waals surface area contributed by atoms with Crippen molar-refractivity contribution in [3.05, 3.63) is 53.1 Å². The smallest absolute Gasteiger partial charge is 0.319 e. The van der Waals surface area contributed by atoms with Gasteiger partial charge in [-0.3, -0.25) is 0 Å². The minimum Gasteiger partial charge on any atom is -0.332 e. The lowest BCUT2D eigenvalue weighted by Crippen LogP contribution is -2.28. The number of carbonyl (C=O) groups is 1. The van der Waals surface area contributed by atoms with Crippen molar-refractivity contribution in [3.8, 4) is 5.69 Å². The van der Waals surface area contributed by atoms with Crippen molar-refractivity contribution in [2.45, 2.75) is 33.4 Å². The molecule has 9 heteroatoms. The van der Waals surface area contributed by atoms with E-state index in [4.69, 9.17) is 11.6 Å². The van der Waals surface area contributed by atoms with Crippen molar-refractivity contribution in [2.75, 3.05) is 5.32 Å². The standard InChI is InChI=1S/C17H20ClN7O/c1-3-16-15(11-21-25(16)14-7-5-12(18)6-8-14)22-17(26)19-9-13-10-20-24(4-2)23-13/h5-8,10-11H,3-4,9H2,1-2H3,(H2,19,22,26). The van der Waals surface area contributed by atoms with Crippen LogP contribution in [0.4, 0.5) is 10.5 Å². The first kappa shape index (κ1) is 17.9. The van der Waals surface area contributed by atoms with Gasteiger partial charge in [0.15, 0.2) is 0 Å². The lowest BCUT2D eigenvalue weighted by atomic mass is 10.2. The molecule has 2 aromatic heterocycles. The predicted molar refractivity (Wildman–Crippen MR) is 99.5 cm³/mol. The van der Waals surface area contributed by atoms with Gasteiger partial charge in [-0.2, -0.15) is 20.1 Å². The van der Waals surface area contributed by atoms with Crippen LogP contribution >= 0.6 is 11.6 Å². The Hall–Kier alpha value is -2.87. The summed E-state index contributed by atoms with van der Waals surface area (Å²) in [4.78, 5) is 13.8. The van der Waals surface area contributed by atoms with Crippen molar-refractivity contribution in [1.29, 1.82) is 0 Å². The number of halogens is 1. The number of nitrogens with one attached hydrogen (secondary N) is 2. The molecule has 3 rings (SSSR count). The molecule has 8 nitrogen and oxygen atoms in total. The van der Waals surface area contributed by atoms with Gasteiger partial charge in [-0.05, 0) is 37.6 Å². The monoisotopic (exact) mass is 373 g/mol. The fraction of sp³-hybridized carbons (Fsp3) is 0.294. The van der Waals surface area contributed by atoms with Crippen LogP contribution in [0.15, 0.2) is 36.7 Å². The van der Waals surface area contributed by atoms with Crippen LogP contribution in [0.1, 0.15) is 25.2 Å². The maximum absolute atomic E-state index is 12.2. The first-order valence-corrected chi connectivity index (χ1v) is 8.75. The van der Waals surface area contributed by atoms with Crippen LogP contribution in [0.25, 0.3) is 5.69 Å². The van der Waals surface area contributed by atoms with Gasteiger partial charge in [0, 0.05) is 5.02 Å². The Morgan fingerprint density at radius 3 is 2.58 bits per heavy atom. The summed E-state index contributed by atoms with van der Waals surface area (Å²) in [6.07, 6.45) is 3.99. The van der Waals surface area contributed by atoms with E-state index in [0.717, 1.165) is 11.4 Å². The van der Waals surface area contributed by atoms with Crippen molar-refractivity contribution >= 4 is 23.3 Å². The van der Waals surface area contributed by atoms with Crippen LogP contribution in [0.3, 0.4) is 0 Å². The Labute approximate surface area is 156 Å². The highest BCUT2D eigenvalue weighted by molar-refractivity contribution is 6.30. The number of urea groups is 1. The zero-order valence-corrected chi connectivity index (χ0v) is 15.4. The first-order chi connectivity index (χ1) is 12.6. The quantitative estimate of drug-likeness (QED) is 0.695. The lowest BCUT2D eigenvalue weighted by Gasteiger charge is -2.09. The molecular weight excluding hydrogens is 354 g/mol. The largest absolute Gasteiger partial charge is 0.332 e. The Bertz CT molecular complexity index is 885. The zero-order chi connectivity index (χ0) is 18.5. The summed E-state index contributed by atoms with van der Waals surface area (Å²) >= 11 is 5.94. The molecule has 0 radical (unpaired) electrons. The van der Waals surface area contributed by atoms with E-state index in [-0.39, 0.29) is 6.03 Å². The third-order valence-electron chi connectivity index (χ3n) is 3.82. The Morgan fingerprint density at radius 2 is 1.92 bits per heavy atom. The highest BCUT2D eigenvalue weighted by Crippen LogP contribution is 2.21. The molecular formula is C17H20ClN7O. The minimum atomic E-state index is -0.318. The molecule has 2 heterocycles. The van der Waals surface area contributed by atoms with E-state index in [9.17, 15) is 4.79 Å². The van der Waals surface area contributed by atoms with Gasteiger partial charge >= 0.3 is 6.03 Å². The highest BCUT2D eigenvalue weighted by atomic mass is 35.5. The molecule has 0 bridgehead atoms. The zero-order valence-electron chi connectivity index (χ0n) is 14.6. The van der Waals surface area contributed by atoms with Crippen LogP contribution in [-0.4, -0.2) is 30.8 Å². The molecule has 0 fully saturated rings. The number of rotatable bonds is 6. The number of nitrogens with zero attached hydrogens (tertiary/aromatic N) is 5. The second kappa shape index (κ2) is 8.01. The van der Waals surface area contributed by atoms with Crippen LogP contribution in [0, 0.1) is 0 Å². The van der Waals surface area contributed by atoms with E-state index in [1.54, 1.807) is 34.0 Å².